The Morgan fingerprint density at radius 3 is 2.76 bits per heavy atom. The topological polar surface area (TPSA) is 67.8 Å². The highest BCUT2D eigenvalue weighted by Gasteiger charge is 2.21. The number of nitrogens with one attached hydrogen (secondary N) is 1. The Hall–Kier alpha value is -1.46. The minimum atomic E-state index is -0.856. The Bertz CT molecular complexity index is 519. The molecule has 1 aliphatic rings. The molecule has 0 bridgehead atoms. The molecule has 2 rings (SSSR count). The van der Waals surface area contributed by atoms with Crippen LogP contribution in [0.25, 0.3) is 0 Å². The molecule has 0 saturated heterocycles. The minimum absolute atomic E-state index is 0.00150. The summed E-state index contributed by atoms with van der Waals surface area (Å²) in [5.41, 5.74) is 0.871. The number of carbonyl (C=O) groups is 1. The van der Waals surface area contributed by atoms with Crippen LogP contribution in [0.3, 0.4) is 0 Å². The van der Waals surface area contributed by atoms with Crippen molar-refractivity contribution in [3.63, 3.8) is 0 Å². The molecular weight excluding hydrogens is 294 g/mol. The lowest BCUT2D eigenvalue weighted by Gasteiger charge is -2.18. The first-order chi connectivity index (χ1) is 9.99. The van der Waals surface area contributed by atoms with E-state index in [1.165, 1.54) is 0 Å². The van der Waals surface area contributed by atoms with Gasteiger partial charge in [-0.2, -0.15) is 0 Å². The lowest BCUT2D eigenvalue weighted by atomic mass is 10.0. The van der Waals surface area contributed by atoms with Crippen molar-refractivity contribution in [1.82, 2.24) is 5.32 Å². The van der Waals surface area contributed by atoms with E-state index in [9.17, 15) is 9.90 Å². The zero-order chi connectivity index (χ0) is 15.4. The van der Waals surface area contributed by atoms with Crippen LogP contribution in [0, 0.1) is 5.92 Å². The summed E-state index contributed by atoms with van der Waals surface area (Å²) < 4.78 is 11.2. The lowest BCUT2D eigenvalue weighted by molar-refractivity contribution is -0.140. The van der Waals surface area contributed by atoms with Gasteiger partial charge in [0.1, 0.15) is 6.04 Å². The van der Waals surface area contributed by atoms with Crippen molar-refractivity contribution >= 4 is 17.6 Å². The fourth-order valence-corrected chi connectivity index (χ4v) is 2.51. The highest BCUT2D eigenvalue weighted by atomic mass is 35.5. The summed E-state index contributed by atoms with van der Waals surface area (Å²) in [6, 6.07) is 3.03. The molecule has 0 aliphatic carbocycles. The summed E-state index contributed by atoms with van der Waals surface area (Å²) in [5.74, 6) is 0.327. The number of rotatable bonds is 5. The summed E-state index contributed by atoms with van der Waals surface area (Å²) >= 11 is 6.21. The van der Waals surface area contributed by atoms with Crippen molar-refractivity contribution in [2.45, 2.75) is 32.9 Å². The van der Waals surface area contributed by atoms with Crippen molar-refractivity contribution < 1.29 is 19.4 Å². The van der Waals surface area contributed by atoms with E-state index >= 15 is 0 Å². The third-order valence-electron chi connectivity index (χ3n) is 3.32. The molecule has 2 N–H and O–H groups in total. The smallest absolute Gasteiger partial charge is 0.320 e. The number of benzene rings is 1. The second-order valence-corrected chi connectivity index (χ2v) is 5.80. The van der Waals surface area contributed by atoms with E-state index in [0.29, 0.717) is 36.3 Å². The molecule has 0 saturated carbocycles. The highest BCUT2D eigenvalue weighted by molar-refractivity contribution is 6.32. The predicted molar refractivity (Wildman–Crippen MR) is 80.2 cm³/mol. The fourth-order valence-electron chi connectivity index (χ4n) is 2.22. The van der Waals surface area contributed by atoms with Crippen LogP contribution in [0.4, 0.5) is 0 Å². The van der Waals surface area contributed by atoms with Crippen molar-refractivity contribution in [3.8, 4) is 11.5 Å². The molecule has 0 spiro atoms. The first-order valence-corrected chi connectivity index (χ1v) is 7.41. The van der Waals surface area contributed by atoms with Crippen molar-refractivity contribution in [1.29, 1.82) is 0 Å². The van der Waals surface area contributed by atoms with Gasteiger partial charge in [0.05, 0.1) is 18.2 Å². The van der Waals surface area contributed by atoms with Crippen molar-refractivity contribution in [2.24, 2.45) is 5.92 Å². The van der Waals surface area contributed by atoms with Crippen LogP contribution >= 0.6 is 11.6 Å². The van der Waals surface area contributed by atoms with Crippen LogP contribution < -0.4 is 14.8 Å². The number of hydrogen-bond donors (Lipinski definition) is 2. The largest absolute Gasteiger partial charge is 0.489 e. The Balaban J connectivity index is 2.12. The van der Waals surface area contributed by atoms with E-state index in [0.717, 1.165) is 12.0 Å². The van der Waals surface area contributed by atoms with Gasteiger partial charge < -0.3 is 19.9 Å². The number of halogens is 1. The van der Waals surface area contributed by atoms with Gasteiger partial charge in [0.25, 0.3) is 0 Å². The first-order valence-electron chi connectivity index (χ1n) is 7.03. The van der Waals surface area contributed by atoms with Gasteiger partial charge in [0.2, 0.25) is 0 Å². The molecule has 0 amide bonds. The summed E-state index contributed by atoms with van der Waals surface area (Å²) in [7, 11) is 0. The average Bonchev–Trinajstić information content (AvgIpc) is 2.63. The number of ether oxygens (including phenoxy) is 2. The fraction of sp³-hybridized carbons (Fsp3) is 0.533. The molecule has 6 heteroatoms. The van der Waals surface area contributed by atoms with E-state index in [2.05, 4.69) is 5.32 Å². The molecule has 0 fully saturated rings. The second kappa shape index (κ2) is 7.00. The molecule has 1 heterocycles. The molecule has 5 nitrogen and oxygen atoms in total. The van der Waals surface area contributed by atoms with Crippen molar-refractivity contribution in [2.75, 3.05) is 13.2 Å². The predicted octanol–water partition coefficient (Wildman–Crippen LogP) is 2.70. The maximum atomic E-state index is 11.2. The molecule has 0 aromatic heterocycles. The molecule has 0 radical (unpaired) electrons. The Labute approximate surface area is 129 Å². The van der Waals surface area contributed by atoms with Gasteiger partial charge in [-0.05, 0) is 23.6 Å². The van der Waals surface area contributed by atoms with Crippen LogP contribution in [0.15, 0.2) is 12.1 Å². The quantitative estimate of drug-likeness (QED) is 0.875. The van der Waals surface area contributed by atoms with Gasteiger partial charge in [-0.3, -0.25) is 4.79 Å². The molecular formula is C15H20ClNO4. The Morgan fingerprint density at radius 2 is 2.10 bits per heavy atom. The maximum absolute atomic E-state index is 11.2. The third kappa shape index (κ3) is 4.02. The third-order valence-corrected chi connectivity index (χ3v) is 3.60. The highest BCUT2D eigenvalue weighted by Crippen LogP contribution is 2.37. The van der Waals surface area contributed by atoms with E-state index in [4.69, 9.17) is 21.1 Å². The molecule has 1 atom stereocenters. The first kappa shape index (κ1) is 15.9. The van der Waals surface area contributed by atoms with E-state index in [1.54, 1.807) is 6.07 Å². The Kier molecular flexibility index (Phi) is 5.31. The van der Waals surface area contributed by atoms with Gasteiger partial charge in [0.15, 0.2) is 11.5 Å². The lowest BCUT2D eigenvalue weighted by Crippen LogP contribution is -2.40. The van der Waals surface area contributed by atoms with Crippen LogP contribution in [0.2, 0.25) is 5.02 Å². The molecule has 1 aromatic rings. The average molecular weight is 314 g/mol. The molecule has 116 valence electrons. The van der Waals surface area contributed by atoms with Gasteiger partial charge in [-0.25, -0.2) is 0 Å². The Morgan fingerprint density at radius 1 is 1.38 bits per heavy atom. The van der Waals surface area contributed by atoms with E-state index in [-0.39, 0.29) is 5.92 Å². The number of carboxylic acids is 1. The van der Waals surface area contributed by atoms with Gasteiger partial charge >= 0.3 is 5.97 Å². The zero-order valence-corrected chi connectivity index (χ0v) is 12.9. The number of fused-ring (bicyclic) bond motifs is 1. The number of carboxylic acid groups (broad SMARTS) is 1. The SMILES string of the molecule is CC(C)[C@@H](NCc1cc(Cl)c2c(c1)OCCCO2)C(=O)O. The minimum Gasteiger partial charge on any atom is -0.489 e. The molecule has 1 aromatic carbocycles. The van der Waals surface area contributed by atoms with Crippen molar-refractivity contribution in [3.05, 3.63) is 22.7 Å². The van der Waals surface area contributed by atoms with Crippen LogP contribution in [-0.4, -0.2) is 30.3 Å². The van der Waals surface area contributed by atoms with Gasteiger partial charge in [-0.15, -0.1) is 0 Å². The second-order valence-electron chi connectivity index (χ2n) is 5.40. The normalized spacial score (nSPS) is 15.6. The standard InChI is InChI=1S/C15H20ClNO4/c1-9(2)13(15(18)19)17-8-10-6-11(16)14-12(7-10)20-4-3-5-21-14/h6-7,9,13,17H,3-5,8H2,1-2H3,(H,18,19)/t13-/m1/s1. The summed E-state index contributed by atoms with van der Waals surface area (Å²) in [5, 5.41) is 12.7. The maximum Gasteiger partial charge on any atom is 0.320 e. The van der Waals surface area contributed by atoms with Crippen LogP contribution in [0.1, 0.15) is 25.8 Å². The van der Waals surface area contributed by atoms with Gasteiger partial charge in [0, 0.05) is 13.0 Å². The summed E-state index contributed by atoms with van der Waals surface area (Å²) in [6.45, 7) is 5.31. The number of aliphatic carboxylic acids is 1. The molecule has 21 heavy (non-hydrogen) atoms. The zero-order valence-electron chi connectivity index (χ0n) is 12.2. The monoisotopic (exact) mass is 313 g/mol. The molecule has 1 aliphatic heterocycles. The van der Waals surface area contributed by atoms with Crippen LogP contribution in [0.5, 0.6) is 11.5 Å². The van der Waals surface area contributed by atoms with Gasteiger partial charge in [-0.1, -0.05) is 25.4 Å². The number of hydrogen-bond acceptors (Lipinski definition) is 4. The van der Waals surface area contributed by atoms with Crippen LogP contribution in [-0.2, 0) is 11.3 Å². The molecule has 0 unspecified atom stereocenters. The van der Waals surface area contributed by atoms with E-state index < -0.39 is 12.0 Å². The van der Waals surface area contributed by atoms with E-state index in [1.807, 2.05) is 19.9 Å². The summed E-state index contributed by atoms with van der Waals surface area (Å²) in [4.78, 5) is 11.2. The summed E-state index contributed by atoms with van der Waals surface area (Å²) in [6.07, 6.45) is 0.813.